The molecule has 1 aliphatic carbocycles. The van der Waals surface area contributed by atoms with E-state index in [4.69, 9.17) is 5.11 Å². The van der Waals surface area contributed by atoms with Gasteiger partial charge in [-0.3, -0.25) is 0 Å². The Morgan fingerprint density at radius 2 is 2.25 bits per heavy atom. The molecule has 0 aromatic rings. The molecule has 1 saturated carbocycles. The molecular weight excluding hydrogens is 104 g/mol. The second kappa shape index (κ2) is 1.71. The average molecular weight is 116 g/mol. The van der Waals surface area contributed by atoms with Crippen molar-refractivity contribution < 1.29 is 10.2 Å². The summed E-state index contributed by atoms with van der Waals surface area (Å²) >= 11 is 0. The lowest BCUT2D eigenvalue weighted by Gasteiger charge is -2.19. The van der Waals surface area contributed by atoms with Crippen LogP contribution in [0.1, 0.15) is 26.2 Å². The Bertz CT molecular complexity index is 88.5. The fraction of sp³-hybridized carbons (Fsp3) is 1.00. The van der Waals surface area contributed by atoms with Gasteiger partial charge in [-0.1, -0.05) is 0 Å². The predicted molar refractivity (Wildman–Crippen MR) is 30.5 cm³/mol. The highest BCUT2D eigenvalue weighted by Crippen LogP contribution is 2.28. The molecule has 1 fully saturated rings. The first-order valence-corrected chi connectivity index (χ1v) is 3.03. The molecule has 0 saturated heterocycles. The third kappa shape index (κ3) is 0.858. The molecule has 2 heteroatoms. The maximum atomic E-state index is 9.21. The number of rotatable bonds is 0. The Labute approximate surface area is 49.1 Å². The van der Waals surface area contributed by atoms with E-state index >= 15 is 0 Å². The maximum absolute atomic E-state index is 9.21. The zero-order chi connectivity index (χ0) is 6.20. The summed E-state index contributed by atoms with van der Waals surface area (Å²) in [7, 11) is 0. The van der Waals surface area contributed by atoms with Crippen LogP contribution >= 0.6 is 0 Å². The van der Waals surface area contributed by atoms with Crippen molar-refractivity contribution in [2.24, 2.45) is 0 Å². The first-order chi connectivity index (χ1) is 3.63. The van der Waals surface area contributed by atoms with Crippen molar-refractivity contribution in [3.8, 4) is 0 Å². The van der Waals surface area contributed by atoms with E-state index in [2.05, 4.69) is 0 Å². The quantitative estimate of drug-likeness (QED) is 0.477. The van der Waals surface area contributed by atoms with Crippen LogP contribution in [0.2, 0.25) is 0 Å². The van der Waals surface area contributed by atoms with Crippen molar-refractivity contribution in [1.29, 1.82) is 0 Å². The summed E-state index contributed by atoms with van der Waals surface area (Å²) in [5, 5.41) is 18.2. The van der Waals surface area contributed by atoms with Crippen LogP contribution in [-0.4, -0.2) is 21.9 Å². The van der Waals surface area contributed by atoms with E-state index in [0.29, 0.717) is 0 Å². The molecule has 0 bridgehead atoms. The van der Waals surface area contributed by atoms with Gasteiger partial charge in [-0.2, -0.15) is 0 Å². The first kappa shape index (κ1) is 6.05. The highest BCUT2D eigenvalue weighted by molar-refractivity contribution is 4.87. The minimum Gasteiger partial charge on any atom is -0.390 e. The van der Waals surface area contributed by atoms with Gasteiger partial charge in [0.2, 0.25) is 0 Å². The van der Waals surface area contributed by atoms with Gasteiger partial charge in [0.1, 0.15) is 0 Å². The largest absolute Gasteiger partial charge is 0.390 e. The lowest BCUT2D eigenvalue weighted by Crippen LogP contribution is -2.32. The van der Waals surface area contributed by atoms with Gasteiger partial charge in [0.15, 0.2) is 0 Å². The van der Waals surface area contributed by atoms with Crippen LogP contribution in [0.3, 0.4) is 0 Å². The van der Waals surface area contributed by atoms with Gasteiger partial charge < -0.3 is 10.2 Å². The minimum absolute atomic E-state index is 0.484. The molecule has 0 aromatic carbocycles. The maximum Gasteiger partial charge on any atom is 0.0877 e. The summed E-state index contributed by atoms with van der Waals surface area (Å²) < 4.78 is 0. The third-order valence-corrected chi connectivity index (χ3v) is 1.88. The average Bonchev–Trinajstić information content (AvgIpc) is 1.86. The highest BCUT2D eigenvalue weighted by atomic mass is 16.3. The molecular formula is C6H12O2. The van der Waals surface area contributed by atoms with Gasteiger partial charge in [-0.25, -0.2) is 0 Å². The van der Waals surface area contributed by atoms with E-state index in [-0.39, 0.29) is 0 Å². The minimum atomic E-state index is -0.792. The molecule has 0 aromatic heterocycles. The molecule has 0 amide bonds. The van der Waals surface area contributed by atoms with Gasteiger partial charge in [-0.15, -0.1) is 0 Å². The topological polar surface area (TPSA) is 40.5 Å². The first-order valence-electron chi connectivity index (χ1n) is 3.03. The van der Waals surface area contributed by atoms with E-state index < -0.39 is 11.7 Å². The zero-order valence-electron chi connectivity index (χ0n) is 5.09. The smallest absolute Gasteiger partial charge is 0.0877 e. The summed E-state index contributed by atoms with van der Waals surface area (Å²) in [5.74, 6) is 0. The van der Waals surface area contributed by atoms with Crippen LogP contribution in [0.5, 0.6) is 0 Å². The van der Waals surface area contributed by atoms with Crippen molar-refractivity contribution in [3.05, 3.63) is 0 Å². The molecule has 2 atom stereocenters. The number of aliphatic hydroxyl groups is 2. The lowest BCUT2D eigenvalue weighted by atomic mass is 10.0. The summed E-state index contributed by atoms with van der Waals surface area (Å²) in [6.45, 7) is 1.69. The molecule has 0 heterocycles. The molecule has 2 nitrogen and oxygen atoms in total. The summed E-state index contributed by atoms with van der Waals surface area (Å²) in [6.07, 6.45) is 1.97. The molecule has 0 radical (unpaired) electrons. The van der Waals surface area contributed by atoms with Crippen molar-refractivity contribution >= 4 is 0 Å². The second-order valence-corrected chi connectivity index (χ2v) is 2.77. The van der Waals surface area contributed by atoms with Gasteiger partial charge in [-0.05, 0) is 26.2 Å². The van der Waals surface area contributed by atoms with Crippen LogP contribution in [-0.2, 0) is 0 Å². The van der Waals surface area contributed by atoms with E-state index in [9.17, 15) is 5.11 Å². The standard InChI is InChI=1S/C6H12O2/c1-6(8)4-2-3-5(6)7/h5,7-8H,2-4H2,1H3. The number of aliphatic hydroxyl groups excluding tert-OH is 1. The molecule has 8 heavy (non-hydrogen) atoms. The van der Waals surface area contributed by atoms with Gasteiger partial charge in [0, 0.05) is 0 Å². The third-order valence-electron chi connectivity index (χ3n) is 1.88. The normalized spacial score (nSPS) is 47.6. The fourth-order valence-corrected chi connectivity index (χ4v) is 1.13. The lowest BCUT2D eigenvalue weighted by molar-refractivity contribution is -0.0382. The molecule has 1 rings (SSSR count). The van der Waals surface area contributed by atoms with Crippen molar-refractivity contribution in [1.82, 2.24) is 0 Å². The fourth-order valence-electron chi connectivity index (χ4n) is 1.13. The van der Waals surface area contributed by atoms with Gasteiger partial charge in [0.25, 0.3) is 0 Å². The molecule has 0 aliphatic heterocycles. The van der Waals surface area contributed by atoms with Gasteiger partial charge in [0.05, 0.1) is 11.7 Å². The highest BCUT2D eigenvalue weighted by Gasteiger charge is 2.34. The molecule has 48 valence electrons. The summed E-state index contributed by atoms with van der Waals surface area (Å²) in [4.78, 5) is 0. The van der Waals surface area contributed by atoms with Crippen LogP contribution in [0, 0.1) is 0 Å². The van der Waals surface area contributed by atoms with E-state index in [1.807, 2.05) is 0 Å². The number of hydrogen-bond acceptors (Lipinski definition) is 2. The van der Waals surface area contributed by atoms with Crippen LogP contribution < -0.4 is 0 Å². The SMILES string of the molecule is CC1(O)CCCC1O. The van der Waals surface area contributed by atoms with Gasteiger partial charge >= 0.3 is 0 Å². The Morgan fingerprint density at radius 1 is 1.62 bits per heavy atom. The monoisotopic (exact) mass is 116 g/mol. The Hall–Kier alpha value is -0.0800. The second-order valence-electron chi connectivity index (χ2n) is 2.77. The van der Waals surface area contributed by atoms with E-state index in [0.717, 1.165) is 19.3 Å². The van der Waals surface area contributed by atoms with Crippen molar-refractivity contribution in [2.75, 3.05) is 0 Å². The zero-order valence-corrected chi connectivity index (χ0v) is 5.09. The van der Waals surface area contributed by atoms with Crippen molar-refractivity contribution in [2.45, 2.75) is 37.9 Å². The Balaban J connectivity index is 2.54. The van der Waals surface area contributed by atoms with Crippen LogP contribution in [0.25, 0.3) is 0 Å². The van der Waals surface area contributed by atoms with E-state index in [1.165, 1.54) is 0 Å². The molecule has 0 spiro atoms. The molecule has 2 unspecified atom stereocenters. The van der Waals surface area contributed by atoms with Crippen molar-refractivity contribution in [3.63, 3.8) is 0 Å². The molecule has 2 N–H and O–H groups in total. The Morgan fingerprint density at radius 3 is 2.38 bits per heavy atom. The van der Waals surface area contributed by atoms with E-state index in [1.54, 1.807) is 6.92 Å². The van der Waals surface area contributed by atoms with Crippen LogP contribution in [0.15, 0.2) is 0 Å². The summed E-state index contributed by atoms with van der Waals surface area (Å²) in [5.41, 5.74) is -0.792. The molecule has 1 aliphatic rings. The number of hydrogen-bond donors (Lipinski definition) is 2. The van der Waals surface area contributed by atoms with Crippen LogP contribution in [0.4, 0.5) is 0 Å². The summed E-state index contributed by atoms with van der Waals surface area (Å²) in [6, 6.07) is 0. The Kier molecular flexibility index (Phi) is 1.29. The predicted octanol–water partition coefficient (Wildman–Crippen LogP) is 0.282.